The van der Waals surface area contributed by atoms with Crippen LogP contribution in [0.2, 0.25) is 0 Å². The van der Waals surface area contributed by atoms with Crippen LogP contribution >= 0.6 is 0 Å². The Morgan fingerprint density at radius 2 is 1.84 bits per heavy atom. The summed E-state index contributed by atoms with van der Waals surface area (Å²) in [5.41, 5.74) is 7.92. The van der Waals surface area contributed by atoms with Gasteiger partial charge >= 0.3 is 0 Å². The zero-order valence-corrected chi connectivity index (χ0v) is 10.9. The number of hydrogen-bond acceptors (Lipinski definition) is 2. The molecule has 2 aromatic rings. The monoisotopic (exact) mass is 258 g/mol. The summed E-state index contributed by atoms with van der Waals surface area (Å²) in [6, 6.07) is 12.7. The second-order valence-electron chi connectivity index (χ2n) is 4.69. The Kier molecular flexibility index (Phi) is 5.04. The van der Waals surface area contributed by atoms with E-state index in [0.29, 0.717) is 12.5 Å². The highest BCUT2D eigenvalue weighted by Crippen LogP contribution is 2.23. The highest BCUT2D eigenvalue weighted by atomic mass is 19.1. The van der Waals surface area contributed by atoms with Gasteiger partial charge in [0.15, 0.2) is 0 Å². The van der Waals surface area contributed by atoms with Crippen molar-refractivity contribution in [3.8, 4) is 0 Å². The topological polar surface area (TPSA) is 38.9 Å². The fourth-order valence-electron chi connectivity index (χ4n) is 2.25. The van der Waals surface area contributed by atoms with E-state index in [1.54, 1.807) is 0 Å². The molecule has 0 amide bonds. The molecule has 0 aliphatic heterocycles. The van der Waals surface area contributed by atoms with Crippen LogP contribution in [0.3, 0.4) is 0 Å². The summed E-state index contributed by atoms with van der Waals surface area (Å²) in [5, 5.41) is 0. The number of nitrogens with zero attached hydrogens (tertiary/aromatic N) is 1. The minimum absolute atomic E-state index is 0.188. The molecule has 0 bridgehead atoms. The highest BCUT2D eigenvalue weighted by molar-refractivity contribution is 5.17. The molecule has 2 nitrogen and oxygen atoms in total. The second kappa shape index (κ2) is 7.00. The maximum atomic E-state index is 12.8. The third-order valence-corrected chi connectivity index (χ3v) is 3.32. The van der Waals surface area contributed by atoms with E-state index < -0.39 is 0 Å². The van der Waals surface area contributed by atoms with Gasteiger partial charge in [-0.25, -0.2) is 4.39 Å². The van der Waals surface area contributed by atoms with Crippen LogP contribution in [0.4, 0.5) is 4.39 Å². The first kappa shape index (κ1) is 13.7. The average Bonchev–Trinajstić information content (AvgIpc) is 2.46. The van der Waals surface area contributed by atoms with Crippen LogP contribution in [-0.2, 0) is 6.42 Å². The van der Waals surface area contributed by atoms with E-state index in [0.717, 1.165) is 30.5 Å². The lowest BCUT2D eigenvalue weighted by atomic mass is 9.93. The van der Waals surface area contributed by atoms with E-state index >= 15 is 0 Å². The largest absolute Gasteiger partial charge is 0.330 e. The number of halogens is 1. The number of nitrogens with two attached hydrogens (primary N) is 1. The van der Waals surface area contributed by atoms with Crippen molar-refractivity contribution in [1.82, 2.24) is 4.98 Å². The van der Waals surface area contributed by atoms with Crippen molar-refractivity contribution < 1.29 is 4.39 Å². The van der Waals surface area contributed by atoms with Gasteiger partial charge in [-0.2, -0.15) is 0 Å². The maximum absolute atomic E-state index is 12.8. The van der Waals surface area contributed by atoms with Gasteiger partial charge in [0, 0.05) is 17.8 Å². The second-order valence-corrected chi connectivity index (χ2v) is 4.69. The third kappa shape index (κ3) is 4.14. The van der Waals surface area contributed by atoms with Crippen molar-refractivity contribution in [2.24, 2.45) is 5.73 Å². The van der Waals surface area contributed by atoms with Crippen molar-refractivity contribution >= 4 is 0 Å². The fourth-order valence-corrected chi connectivity index (χ4v) is 2.25. The number of hydrogen-bond donors (Lipinski definition) is 1. The molecule has 1 heterocycles. The van der Waals surface area contributed by atoms with Gasteiger partial charge in [0.1, 0.15) is 5.82 Å². The Morgan fingerprint density at radius 3 is 2.47 bits per heavy atom. The Morgan fingerprint density at radius 1 is 1.05 bits per heavy atom. The molecule has 1 aromatic heterocycles. The van der Waals surface area contributed by atoms with Crippen LogP contribution in [-0.4, -0.2) is 11.5 Å². The van der Waals surface area contributed by atoms with E-state index in [-0.39, 0.29) is 5.82 Å². The standard InChI is InChI=1S/C16H19FN2/c17-15-8-5-13(6-9-15)4-7-14(10-11-18)16-3-1-2-12-19-16/h1-3,5-6,8-9,12,14H,4,7,10-11,18H2. The van der Waals surface area contributed by atoms with E-state index in [1.807, 2.05) is 36.5 Å². The van der Waals surface area contributed by atoms with E-state index in [2.05, 4.69) is 4.98 Å². The number of aryl methyl sites for hydroxylation is 1. The molecular weight excluding hydrogens is 239 g/mol. The summed E-state index contributed by atoms with van der Waals surface area (Å²) in [7, 11) is 0. The average molecular weight is 258 g/mol. The molecule has 2 rings (SSSR count). The van der Waals surface area contributed by atoms with Gasteiger partial charge in [-0.15, -0.1) is 0 Å². The van der Waals surface area contributed by atoms with Gasteiger partial charge in [0.05, 0.1) is 0 Å². The van der Waals surface area contributed by atoms with Crippen LogP contribution in [0.5, 0.6) is 0 Å². The van der Waals surface area contributed by atoms with Crippen molar-refractivity contribution in [1.29, 1.82) is 0 Å². The molecule has 0 spiro atoms. The molecule has 3 heteroatoms. The van der Waals surface area contributed by atoms with Crippen LogP contribution in [0.15, 0.2) is 48.7 Å². The van der Waals surface area contributed by atoms with Gasteiger partial charge in [0.2, 0.25) is 0 Å². The molecule has 1 aromatic carbocycles. The molecule has 19 heavy (non-hydrogen) atoms. The van der Waals surface area contributed by atoms with Crippen LogP contribution < -0.4 is 5.73 Å². The molecule has 1 atom stereocenters. The summed E-state index contributed by atoms with van der Waals surface area (Å²) in [5.74, 6) is 0.184. The zero-order chi connectivity index (χ0) is 13.5. The number of rotatable bonds is 6. The van der Waals surface area contributed by atoms with Gasteiger partial charge in [-0.05, 0) is 55.6 Å². The molecule has 0 aliphatic carbocycles. The van der Waals surface area contributed by atoms with Gasteiger partial charge in [-0.3, -0.25) is 4.98 Å². The van der Waals surface area contributed by atoms with Crippen molar-refractivity contribution in [2.75, 3.05) is 6.54 Å². The fraction of sp³-hybridized carbons (Fsp3) is 0.312. The summed E-state index contributed by atoms with van der Waals surface area (Å²) in [6.07, 6.45) is 4.65. The quantitative estimate of drug-likeness (QED) is 0.863. The first-order chi connectivity index (χ1) is 9.29. The minimum Gasteiger partial charge on any atom is -0.330 e. The molecule has 1 unspecified atom stereocenters. The summed E-state index contributed by atoms with van der Waals surface area (Å²) < 4.78 is 12.8. The highest BCUT2D eigenvalue weighted by Gasteiger charge is 2.11. The lowest BCUT2D eigenvalue weighted by Crippen LogP contribution is -2.09. The summed E-state index contributed by atoms with van der Waals surface area (Å²) in [6.45, 7) is 0.657. The molecule has 0 fully saturated rings. The van der Waals surface area contributed by atoms with Gasteiger partial charge in [0.25, 0.3) is 0 Å². The van der Waals surface area contributed by atoms with E-state index in [1.165, 1.54) is 12.1 Å². The normalized spacial score (nSPS) is 12.3. The molecular formula is C16H19FN2. The molecule has 2 N–H and O–H groups in total. The smallest absolute Gasteiger partial charge is 0.123 e. The van der Waals surface area contributed by atoms with Crippen molar-refractivity contribution in [2.45, 2.75) is 25.2 Å². The Bertz CT molecular complexity index is 482. The van der Waals surface area contributed by atoms with Gasteiger partial charge in [-0.1, -0.05) is 18.2 Å². The van der Waals surface area contributed by atoms with E-state index in [4.69, 9.17) is 5.73 Å². The summed E-state index contributed by atoms with van der Waals surface area (Å²) in [4.78, 5) is 4.41. The van der Waals surface area contributed by atoms with Crippen LogP contribution in [0, 0.1) is 5.82 Å². The molecule has 0 radical (unpaired) electrons. The molecule has 0 aliphatic rings. The Labute approximate surface area is 113 Å². The Balaban J connectivity index is 1.99. The molecule has 0 saturated heterocycles. The van der Waals surface area contributed by atoms with Crippen molar-refractivity contribution in [3.05, 3.63) is 65.7 Å². The predicted octanol–water partition coefficient (Wildman–Crippen LogP) is 3.29. The first-order valence-electron chi connectivity index (χ1n) is 6.65. The lowest BCUT2D eigenvalue weighted by molar-refractivity contribution is 0.569. The zero-order valence-electron chi connectivity index (χ0n) is 10.9. The van der Waals surface area contributed by atoms with E-state index in [9.17, 15) is 4.39 Å². The molecule has 0 saturated carbocycles. The Hall–Kier alpha value is -1.74. The summed E-state index contributed by atoms with van der Waals surface area (Å²) >= 11 is 0. The third-order valence-electron chi connectivity index (χ3n) is 3.32. The molecule has 100 valence electrons. The lowest BCUT2D eigenvalue weighted by Gasteiger charge is -2.15. The van der Waals surface area contributed by atoms with Gasteiger partial charge < -0.3 is 5.73 Å². The number of aromatic nitrogens is 1. The van der Waals surface area contributed by atoms with Crippen LogP contribution in [0.1, 0.15) is 30.0 Å². The van der Waals surface area contributed by atoms with Crippen molar-refractivity contribution in [3.63, 3.8) is 0 Å². The minimum atomic E-state index is -0.188. The van der Waals surface area contributed by atoms with Crippen LogP contribution in [0.25, 0.3) is 0 Å². The number of pyridine rings is 1. The first-order valence-corrected chi connectivity index (χ1v) is 6.65. The predicted molar refractivity (Wildman–Crippen MR) is 75.4 cm³/mol. The number of benzene rings is 1. The SMILES string of the molecule is NCCC(CCc1ccc(F)cc1)c1ccccn1. The maximum Gasteiger partial charge on any atom is 0.123 e.